The molecule has 1 atom stereocenters. The fourth-order valence-corrected chi connectivity index (χ4v) is 3.01. The zero-order valence-corrected chi connectivity index (χ0v) is 11.6. The summed E-state index contributed by atoms with van der Waals surface area (Å²) in [6.07, 6.45) is 2.80. The minimum absolute atomic E-state index is 0.285. The van der Waals surface area contributed by atoms with Crippen molar-refractivity contribution in [2.75, 3.05) is 32.7 Å². The number of nitrogens with zero attached hydrogens (tertiary/aromatic N) is 2. The predicted molar refractivity (Wildman–Crippen MR) is 73.4 cm³/mol. The highest BCUT2D eigenvalue weighted by Crippen LogP contribution is 2.21. The van der Waals surface area contributed by atoms with Crippen molar-refractivity contribution < 1.29 is 2.74 Å². The van der Waals surface area contributed by atoms with Gasteiger partial charge in [-0.2, -0.15) is 0 Å². The van der Waals surface area contributed by atoms with E-state index in [1.54, 1.807) is 0 Å². The summed E-state index contributed by atoms with van der Waals surface area (Å²) >= 11 is 0. The van der Waals surface area contributed by atoms with Gasteiger partial charge in [-0.15, -0.1) is 0 Å². The second kappa shape index (κ2) is 6.17. The zero-order valence-electron chi connectivity index (χ0n) is 13.6. The van der Waals surface area contributed by atoms with E-state index in [2.05, 4.69) is 35.9 Å². The standard InChI is InChI=1S/C14H29N3/c1-12(2)16-9-5-14(6-10-16)17-8-4-7-15-11-13(17)3/h12-15H,4-11H2,1-3H3/i8D2. The third-order valence-electron chi connectivity index (χ3n) is 4.13. The van der Waals surface area contributed by atoms with Crippen LogP contribution in [0.1, 0.15) is 42.8 Å². The van der Waals surface area contributed by atoms with Crippen molar-refractivity contribution in [3.63, 3.8) is 0 Å². The van der Waals surface area contributed by atoms with E-state index in [1.807, 2.05) is 0 Å². The van der Waals surface area contributed by atoms with E-state index in [9.17, 15) is 0 Å². The normalized spacial score (nSPS) is 35.4. The average Bonchev–Trinajstić information content (AvgIpc) is 2.47. The third kappa shape index (κ3) is 3.43. The fraction of sp³-hybridized carbons (Fsp3) is 1.00. The smallest absolute Gasteiger partial charge is 0.0431 e. The van der Waals surface area contributed by atoms with Crippen molar-refractivity contribution in [1.82, 2.24) is 15.1 Å². The monoisotopic (exact) mass is 241 g/mol. The van der Waals surface area contributed by atoms with Crippen LogP contribution in [-0.2, 0) is 0 Å². The van der Waals surface area contributed by atoms with Crippen LogP contribution < -0.4 is 5.32 Å². The molecule has 1 N–H and O–H groups in total. The maximum Gasteiger partial charge on any atom is 0.0431 e. The third-order valence-corrected chi connectivity index (χ3v) is 4.13. The van der Waals surface area contributed by atoms with E-state index in [1.165, 1.54) is 0 Å². The van der Waals surface area contributed by atoms with Gasteiger partial charge in [0.15, 0.2) is 0 Å². The Bertz CT molecular complexity index is 288. The molecule has 0 saturated carbocycles. The molecular formula is C14H29N3. The summed E-state index contributed by atoms with van der Waals surface area (Å²) in [4.78, 5) is 4.66. The van der Waals surface area contributed by atoms with Crippen molar-refractivity contribution in [2.24, 2.45) is 0 Å². The molecule has 3 heteroatoms. The van der Waals surface area contributed by atoms with Crippen molar-refractivity contribution in [3.05, 3.63) is 0 Å². The van der Waals surface area contributed by atoms with Gasteiger partial charge >= 0.3 is 0 Å². The van der Waals surface area contributed by atoms with E-state index >= 15 is 0 Å². The molecular weight excluding hydrogens is 210 g/mol. The Labute approximate surface area is 109 Å². The Morgan fingerprint density at radius 1 is 1.29 bits per heavy atom. The van der Waals surface area contributed by atoms with Crippen molar-refractivity contribution in [2.45, 2.75) is 58.2 Å². The maximum absolute atomic E-state index is 8.36. The summed E-state index contributed by atoms with van der Waals surface area (Å²) in [7, 11) is 0. The highest BCUT2D eigenvalue weighted by atomic mass is 15.2. The van der Waals surface area contributed by atoms with E-state index < -0.39 is 6.50 Å². The summed E-state index contributed by atoms with van der Waals surface area (Å²) in [6.45, 7) is 9.40. The largest absolute Gasteiger partial charge is 0.315 e. The number of likely N-dealkylation sites (tertiary alicyclic amines) is 1. The Hall–Kier alpha value is -0.120. The molecule has 3 nitrogen and oxygen atoms in total. The molecule has 0 aromatic heterocycles. The molecule has 17 heavy (non-hydrogen) atoms. The first-order valence-electron chi connectivity index (χ1n) is 8.15. The predicted octanol–water partition coefficient (Wildman–Crippen LogP) is 1.54. The molecule has 0 aliphatic carbocycles. The van der Waals surface area contributed by atoms with E-state index in [-0.39, 0.29) is 6.04 Å². The second-order valence-corrected chi connectivity index (χ2v) is 5.73. The van der Waals surface area contributed by atoms with Gasteiger partial charge in [-0.05, 0) is 66.2 Å². The van der Waals surface area contributed by atoms with E-state index in [4.69, 9.17) is 2.74 Å². The van der Waals surface area contributed by atoms with Crippen LogP contribution in [0.2, 0.25) is 0 Å². The number of rotatable bonds is 2. The molecule has 0 amide bonds. The minimum Gasteiger partial charge on any atom is -0.315 e. The highest BCUT2D eigenvalue weighted by molar-refractivity contribution is 4.85. The number of nitrogens with one attached hydrogen (secondary N) is 1. The molecule has 1 unspecified atom stereocenters. The number of hydrogen-bond acceptors (Lipinski definition) is 3. The second-order valence-electron chi connectivity index (χ2n) is 5.73. The lowest BCUT2D eigenvalue weighted by Crippen LogP contribution is -2.50. The fourth-order valence-electron chi connectivity index (χ4n) is 3.01. The molecule has 2 heterocycles. The quantitative estimate of drug-likeness (QED) is 0.791. The molecule has 2 saturated heterocycles. The molecule has 0 spiro atoms. The van der Waals surface area contributed by atoms with E-state index in [0.29, 0.717) is 18.5 Å². The summed E-state index contributed by atoms with van der Waals surface area (Å²) in [5.41, 5.74) is 0. The van der Waals surface area contributed by atoms with Crippen LogP contribution in [0.5, 0.6) is 0 Å². The number of piperidine rings is 1. The first kappa shape index (κ1) is 10.8. The number of hydrogen-bond donors (Lipinski definition) is 1. The average molecular weight is 241 g/mol. The molecule has 0 aromatic rings. The van der Waals surface area contributed by atoms with Gasteiger partial charge in [0.05, 0.1) is 0 Å². The summed E-state index contributed by atoms with van der Waals surface area (Å²) in [6, 6.07) is 1.30. The van der Waals surface area contributed by atoms with Crippen LogP contribution in [0.15, 0.2) is 0 Å². The van der Waals surface area contributed by atoms with Gasteiger partial charge in [0.2, 0.25) is 0 Å². The van der Waals surface area contributed by atoms with Gasteiger partial charge < -0.3 is 10.2 Å². The van der Waals surface area contributed by atoms with Gasteiger partial charge in [0.1, 0.15) is 0 Å². The SMILES string of the molecule is [2H]C1([2H])CCNCC(C)N1C1CCN(C(C)C)CC1. The molecule has 0 radical (unpaired) electrons. The lowest BCUT2D eigenvalue weighted by atomic mass is 10.00. The Balaban J connectivity index is 2.03. The molecule has 2 fully saturated rings. The summed E-state index contributed by atoms with van der Waals surface area (Å²) < 4.78 is 16.7. The molecule has 2 aliphatic rings. The first-order valence-corrected chi connectivity index (χ1v) is 7.15. The molecule has 2 aliphatic heterocycles. The van der Waals surface area contributed by atoms with Gasteiger partial charge in [-0.1, -0.05) is 0 Å². The van der Waals surface area contributed by atoms with Crippen molar-refractivity contribution in [3.8, 4) is 0 Å². The van der Waals surface area contributed by atoms with Crippen molar-refractivity contribution in [1.29, 1.82) is 0 Å². The minimum atomic E-state index is -1.16. The molecule has 0 bridgehead atoms. The van der Waals surface area contributed by atoms with Crippen molar-refractivity contribution >= 4 is 0 Å². The van der Waals surface area contributed by atoms with E-state index in [0.717, 1.165) is 39.0 Å². The van der Waals surface area contributed by atoms with Crippen LogP contribution in [0.4, 0.5) is 0 Å². The van der Waals surface area contributed by atoms with Crippen LogP contribution >= 0.6 is 0 Å². The summed E-state index contributed by atoms with van der Waals surface area (Å²) in [5.74, 6) is 0. The highest BCUT2D eigenvalue weighted by Gasteiger charge is 2.28. The topological polar surface area (TPSA) is 18.5 Å². The van der Waals surface area contributed by atoms with Crippen LogP contribution in [0.25, 0.3) is 0 Å². The Morgan fingerprint density at radius 2 is 2.00 bits per heavy atom. The lowest BCUT2D eigenvalue weighted by molar-refractivity contribution is 0.0730. The summed E-state index contributed by atoms with van der Waals surface area (Å²) in [5, 5.41) is 3.36. The van der Waals surface area contributed by atoms with Gasteiger partial charge in [0, 0.05) is 27.4 Å². The molecule has 2 rings (SSSR count). The maximum atomic E-state index is 8.36. The van der Waals surface area contributed by atoms with Gasteiger partial charge in [-0.25, -0.2) is 0 Å². The first-order chi connectivity index (χ1) is 8.92. The molecule has 100 valence electrons. The molecule has 0 aromatic carbocycles. The van der Waals surface area contributed by atoms with Gasteiger partial charge in [-0.3, -0.25) is 4.90 Å². The van der Waals surface area contributed by atoms with Crippen LogP contribution in [0, 0.1) is 0 Å². The van der Waals surface area contributed by atoms with Gasteiger partial charge in [0.25, 0.3) is 0 Å². The lowest BCUT2D eigenvalue weighted by Gasteiger charge is -2.41. The Kier molecular flexibility index (Phi) is 3.91. The zero-order chi connectivity index (χ0) is 14.0. The van der Waals surface area contributed by atoms with Crippen LogP contribution in [-0.4, -0.2) is 60.6 Å². The van der Waals surface area contributed by atoms with Crippen LogP contribution in [0.3, 0.4) is 0 Å². The Morgan fingerprint density at radius 3 is 2.65 bits per heavy atom.